The first-order valence-corrected chi connectivity index (χ1v) is 10.5. The zero-order valence-electron chi connectivity index (χ0n) is 15.8. The summed E-state index contributed by atoms with van der Waals surface area (Å²) in [4.78, 5) is 16.9. The summed E-state index contributed by atoms with van der Waals surface area (Å²) in [7, 11) is -3.85. The average Bonchev–Trinajstić information content (AvgIpc) is 2.70. The van der Waals surface area contributed by atoms with Crippen molar-refractivity contribution in [3.8, 4) is 0 Å². The molecule has 3 aromatic rings. The highest BCUT2D eigenvalue weighted by Crippen LogP contribution is 2.19. The fourth-order valence-electron chi connectivity index (χ4n) is 2.85. The van der Waals surface area contributed by atoms with Crippen LogP contribution in [0.4, 0.5) is 0 Å². The zero-order valence-corrected chi connectivity index (χ0v) is 16.6. The highest BCUT2D eigenvalue weighted by Gasteiger charge is 2.28. The molecule has 0 aliphatic rings. The van der Waals surface area contributed by atoms with Crippen molar-refractivity contribution in [2.75, 3.05) is 0 Å². The molecule has 0 unspecified atom stereocenters. The lowest BCUT2D eigenvalue weighted by Crippen LogP contribution is -2.49. The summed E-state index contributed by atoms with van der Waals surface area (Å²) < 4.78 is 28.3. The van der Waals surface area contributed by atoms with E-state index >= 15 is 0 Å². The maximum absolute atomic E-state index is 12.9. The molecule has 6 nitrogen and oxygen atoms in total. The quantitative estimate of drug-likeness (QED) is 0.642. The van der Waals surface area contributed by atoms with Crippen molar-refractivity contribution < 1.29 is 13.2 Å². The summed E-state index contributed by atoms with van der Waals surface area (Å²) in [5, 5.41) is 4.53. The zero-order chi connectivity index (χ0) is 20.1. The molecule has 0 saturated heterocycles. The average molecular weight is 398 g/mol. The second kappa shape index (κ2) is 8.50. The number of carbonyl (C=O) groups excluding carboxylic acids is 1. The fraction of sp³-hybridized carbons (Fsp3) is 0.238. The van der Waals surface area contributed by atoms with Crippen LogP contribution in [0.25, 0.3) is 10.8 Å². The van der Waals surface area contributed by atoms with Gasteiger partial charge in [0.1, 0.15) is 6.04 Å². The molecule has 1 amide bonds. The summed E-state index contributed by atoms with van der Waals surface area (Å²) in [6, 6.07) is 17.0. The predicted molar refractivity (Wildman–Crippen MR) is 109 cm³/mol. The third-order valence-electron chi connectivity index (χ3n) is 4.43. The number of rotatable bonds is 7. The van der Waals surface area contributed by atoms with Crippen LogP contribution in [0.3, 0.4) is 0 Å². The number of fused-ring (bicyclic) bond motifs is 1. The van der Waals surface area contributed by atoms with Gasteiger partial charge in [0.25, 0.3) is 0 Å². The molecule has 0 aliphatic heterocycles. The SMILES string of the molecule is CC(C)[C@H](NS(=O)(=O)c1ccc2ccccc2c1)C(=O)NCc1ccccn1. The number of nitrogens with one attached hydrogen (secondary N) is 2. The van der Waals surface area contributed by atoms with E-state index in [1.54, 1.807) is 50.4 Å². The standard InChI is InChI=1S/C21H23N3O3S/c1-15(2)20(21(25)23-14-18-9-5-6-12-22-18)24-28(26,27)19-11-10-16-7-3-4-8-17(16)13-19/h3-13,15,20,24H,14H2,1-2H3,(H,23,25)/t20-/m0/s1. The van der Waals surface area contributed by atoms with Crippen LogP contribution in [0.1, 0.15) is 19.5 Å². The first kappa shape index (κ1) is 20.0. The lowest BCUT2D eigenvalue weighted by Gasteiger charge is -2.21. The van der Waals surface area contributed by atoms with Gasteiger partial charge in [-0.25, -0.2) is 8.42 Å². The molecule has 1 heterocycles. The highest BCUT2D eigenvalue weighted by molar-refractivity contribution is 7.89. The molecule has 1 aromatic heterocycles. The Morgan fingerprint density at radius 1 is 1.00 bits per heavy atom. The summed E-state index contributed by atoms with van der Waals surface area (Å²) in [5.74, 6) is -0.607. The van der Waals surface area contributed by atoms with Crippen molar-refractivity contribution in [1.82, 2.24) is 15.0 Å². The van der Waals surface area contributed by atoms with Gasteiger partial charge < -0.3 is 5.32 Å². The van der Waals surface area contributed by atoms with E-state index in [1.165, 1.54) is 0 Å². The van der Waals surface area contributed by atoms with Crippen molar-refractivity contribution in [2.45, 2.75) is 31.3 Å². The summed E-state index contributed by atoms with van der Waals surface area (Å²) in [5.41, 5.74) is 0.704. The van der Waals surface area contributed by atoms with Gasteiger partial charge in [-0.1, -0.05) is 50.2 Å². The molecule has 3 rings (SSSR count). The van der Waals surface area contributed by atoms with E-state index in [4.69, 9.17) is 0 Å². The first-order valence-electron chi connectivity index (χ1n) is 9.05. The molecule has 0 radical (unpaired) electrons. The highest BCUT2D eigenvalue weighted by atomic mass is 32.2. The Morgan fingerprint density at radius 3 is 2.39 bits per heavy atom. The van der Waals surface area contributed by atoms with Crippen molar-refractivity contribution in [3.63, 3.8) is 0 Å². The molecular weight excluding hydrogens is 374 g/mol. The molecular formula is C21H23N3O3S. The molecule has 0 fully saturated rings. The molecule has 0 aliphatic carbocycles. The van der Waals surface area contributed by atoms with Crippen LogP contribution in [-0.2, 0) is 21.4 Å². The minimum absolute atomic E-state index is 0.134. The van der Waals surface area contributed by atoms with E-state index in [0.717, 1.165) is 10.8 Å². The molecule has 0 spiro atoms. The van der Waals surface area contributed by atoms with Gasteiger partial charge in [0.2, 0.25) is 15.9 Å². The number of benzene rings is 2. The number of amides is 1. The number of carbonyl (C=O) groups is 1. The number of pyridine rings is 1. The predicted octanol–water partition coefficient (Wildman–Crippen LogP) is 2.85. The monoisotopic (exact) mass is 397 g/mol. The molecule has 1 atom stereocenters. The molecule has 2 N–H and O–H groups in total. The Hall–Kier alpha value is -2.77. The van der Waals surface area contributed by atoms with E-state index in [0.29, 0.717) is 5.69 Å². The molecule has 146 valence electrons. The van der Waals surface area contributed by atoms with Gasteiger partial charge in [-0.3, -0.25) is 9.78 Å². The Morgan fingerprint density at radius 2 is 1.71 bits per heavy atom. The van der Waals surface area contributed by atoms with Gasteiger partial charge in [-0.2, -0.15) is 4.72 Å². The molecule has 0 saturated carbocycles. The van der Waals surface area contributed by atoms with Gasteiger partial charge in [-0.05, 0) is 41.0 Å². The van der Waals surface area contributed by atoms with Gasteiger partial charge in [0.05, 0.1) is 17.1 Å². The van der Waals surface area contributed by atoms with E-state index in [9.17, 15) is 13.2 Å². The normalized spacial score (nSPS) is 12.8. The summed E-state index contributed by atoms with van der Waals surface area (Å²) >= 11 is 0. The second-order valence-electron chi connectivity index (χ2n) is 6.89. The van der Waals surface area contributed by atoms with Crippen LogP contribution in [-0.4, -0.2) is 25.4 Å². The van der Waals surface area contributed by atoms with Crippen molar-refractivity contribution in [3.05, 3.63) is 72.6 Å². The molecule has 28 heavy (non-hydrogen) atoms. The molecule has 2 aromatic carbocycles. The fourth-order valence-corrected chi connectivity index (χ4v) is 4.23. The minimum atomic E-state index is -3.85. The van der Waals surface area contributed by atoms with Crippen LogP contribution in [0.15, 0.2) is 71.8 Å². The third-order valence-corrected chi connectivity index (χ3v) is 5.87. The van der Waals surface area contributed by atoms with E-state index in [-0.39, 0.29) is 23.3 Å². The van der Waals surface area contributed by atoms with Crippen LogP contribution in [0.2, 0.25) is 0 Å². The van der Waals surface area contributed by atoms with E-state index in [2.05, 4.69) is 15.0 Å². The molecule has 0 bridgehead atoms. The smallest absolute Gasteiger partial charge is 0.241 e. The number of sulfonamides is 1. The number of hydrogen-bond acceptors (Lipinski definition) is 4. The molecule has 7 heteroatoms. The largest absolute Gasteiger partial charge is 0.349 e. The maximum atomic E-state index is 12.9. The van der Waals surface area contributed by atoms with Crippen LogP contribution in [0.5, 0.6) is 0 Å². The van der Waals surface area contributed by atoms with Gasteiger partial charge in [0.15, 0.2) is 0 Å². The van der Waals surface area contributed by atoms with Crippen molar-refractivity contribution in [2.24, 2.45) is 5.92 Å². The lowest BCUT2D eigenvalue weighted by molar-refractivity contribution is -0.123. The topological polar surface area (TPSA) is 88.2 Å². The Bertz CT molecular complexity index is 1070. The van der Waals surface area contributed by atoms with E-state index in [1.807, 2.05) is 30.3 Å². The second-order valence-corrected chi connectivity index (χ2v) is 8.60. The Balaban J connectivity index is 1.77. The third kappa shape index (κ3) is 4.74. The van der Waals surface area contributed by atoms with Crippen molar-refractivity contribution >= 4 is 26.7 Å². The number of aromatic nitrogens is 1. The number of hydrogen-bond donors (Lipinski definition) is 2. The first-order chi connectivity index (χ1) is 13.4. The van der Waals surface area contributed by atoms with Crippen molar-refractivity contribution in [1.29, 1.82) is 0 Å². The minimum Gasteiger partial charge on any atom is -0.349 e. The maximum Gasteiger partial charge on any atom is 0.241 e. The summed E-state index contributed by atoms with van der Waals surface area (Å²) in [6.07, 6.45) is 1.64. The van der Waals surface area contributed by atoms with Crippen LogP contribution in [0, 0.1) is 5.92 Å². The van der Waals surface area contributed by atoms with Gasteiger partial charge >= 0.3 is 0 Å². The number of nitrogens with zero attached hydrogens (tertiary/aromatic N) is 1. The van der Waals surface area contributed by atoms with Crippen LogP contribution >= 0.6 is 0 Å². The Labute approximate surface area is 165 Å². The lowest BCUT2D eigenvalue weighted by atomic mass is 10.1. The van der Waals surface area contributed by atoms with Gasteiger partial charge in [0, 0.05) is 6.20 Å². The summed E-state index contributed by atoms with van der Waals surface area (Å²) in [6.45, 7) is 3.84. The van der Waals surface area contributed by atoms with Gasteiger partial charge in [-0.15, -0.1) is 0 Å². The van der Waals surface area contributed by atoms with E-state index < -0.39 is 16.1 Å². The Kier molecular flexibility index (Phi) is 6.06. The van der Waals surface area contributed by atoms with Crippen LogP contribution < -0.4 is 10.0 Å².